The zero-order valence-electron chi connectivity index (χ0n) is 3.09. The summed E-state index contributed by atoms with van der Waals surface area (Å²) in [6.07, 6.45) is 0. The van der Waals surface area contributed by atoms with Gasteiger partial charge in [-0.15, -0.1) is 0 Å². The third-order valence-corrected chi connectivity index (χ3v) is 0. The van der Waals surface area contributed by atoms with Gasteiger partial charge in [0, 0.05) is 0 Å². The Kier molecular flexibility index (Phi) is 25.4. The van der Waals surface area contributed by atoms with Crippen molar-refractivity contribution in [2.75, 3.05) is 0 Å². The van der Waals surface area contributed by atoms with Crippen LogP contribution in [0.25, 0.3) is 0 Å². The van der Waals surface area contributed by atoms with E-state index in [1.165, 1.54) is 0 Å². The number of hydrogen-bond acceptors (Lipinski definition) is 3. The van der Waals surface area contributed by atoms with Gasteiger partial charge in [0.05, 0.1) is 5.09 Å². The van der Waals surface area contributed by atoms with E-state index in [0.717, 1.165) is 0 Å². The fraction of sp³-hybridized carbons (Fsp3) is 0. The summed E-state index contributed by atoms with van der Waals surface area (Å²) in [7, 11) is 0. The fourth-order valence-corrected chi connectivity index (χ4v) is 0. The topological polar surface area (TPSA) is 66.2 Å². The van der Waals surface area contributed by atoms with Crippen LogP contribution in [0.2, 0.25) is 0 Å². The molecular formula is BaMgNO3+3. The van der Waals surface area contributed by atoms with Crippen LogP contribution in [-0.4, -0.2) is 77.0 Å². The van der Waals surface area contributed by atoms with E-state index in [1.54, 1.807) is 0 Å². The van der Waals surface area contributed by atoms with Gasteiger partial charge in [0.2, 0.25) is 0 Å². The van der Waals surface area contributed by atoms with Gasteiger partial charge in [-0.3, -0.25) is 0 Å². The molecule has 0 aromatic carbocycles. The molecule has 0 aromatic rings. The van der Waals surface area contributed by atoms with Gasteiger partial charge >= 0.3 is 71.9 Å². The molecule has 0 rings (SSSR count). The Bertz CT molecular complexity index is 33.8. The van der Waals surface area contributed by atoms with Crippen LogP contribution in [0.3, 0.4) is 0 Å². The standard InChI is InChI=1S/Ba.Mg.NO3/c;;2-1(3)4/q2*+2;-1. The Hall–Kier alpha value is 1.54. The Labute approximate surface area is 90.6 Å². The molecule has 0 aliphatic rings. The molecule has 0 bridgehead atoms. The Morgan fingerprint density at radius 2 is 1.33 bits per heavy atom. The van der Waals surface area contributed by atoms with Crippen molar-refractivity contribution < 1.29 is 5.09 Å². The van der Waals surface area contributed by atoms with E-state index in [0.29, 0.717) is 0 Å². The molecule has 0 fully saturated rings. The average Bonchev–Trinajstić information content (AvgIpc) is 0.811. The molecule has 4 nitrogen and oxygen atoms in total. The second-order valence-electron chi connectivity index (χ2n) is 0.224. The van der Waals surface area contributed by atoms with Crippen LogP contribution in [-0.2, 0) is 0 Å². The second kappa shape index (κ2) is 9.74. The van der Waals surface area contributed by atoms with E-state index < -0.39 is 5.09 Å². The van der Waals surface area contributed by atoms with E-state index in [1.807, 2.05) is 0 Å². The summed E-state index contributed by atoms with van der Waals surface area (Å²) in [5.74, 6) is 0. The van der Waals surface area contributed by atoms with E-state index >= 15 is 0 Å². The first-order valence-electron chi connectivity index (χ1n) is 0.548. The number of rotatable bonds is 0. The normalized spacial score (nSPS) is 4.00. The quantitative estimate of drug-likeness (QED) is 0.301. The predicted octanol–water partition coefficient (Wildman–Crippen LogP) is -1.00. The zero-order valence-corrected chi connectivity index (χ0v) is 8.94. The van der Waals surface area contributed by atoms with Gasteiger partial charge in [-0.05, 0) is 0 Å². The van der Waals surface area contributed by atoms with Crippen molar-refractivity contribution in [2.45, 2.75) is 0 Å². The molecule has 0 N–H and O–H groups in total. The zero-order chi connectivity index (χ0) is 3.58. The predicted molar refractivity (Wildman–Crippen MR) is 21.9 cm³/mol. The van der Waals surface area contributed by atoms with E-state index in [2.05, 4.69) is 0 Å². The molecule has 0 spiro atoms. The first-order chi connectivity index (χ1) is 1.73. The van der Waals surface area contributed by atoms with Gasteiger partial charge < -0.3 is 15.3 Å². The molecule has 0 saturated carbocycles. The molecule has 24 valence electrons. The fourth-order valence-electron chi connectivity index (χ4n) is 0. The van der Waals surface area contributed by atoms with Crippen LogP contribution < -0.4 is 0 Å². The average molecular weight is 224 g/mol. The smallest absolute Gasteiger partial charge is 0.356 e. The van der Waals surface area contributed by atoms with Crippen molar-refractivity contribution >= 4 is 71.9 Å². The largest absolute Gasteiger partial charge is 2.00 e. The van der Waals surface area contributed by atoms with Crippen LogP contribution >= 0.6 is 0 Å². The Balaban J connectivity index is -0.0000000450. The minimum atomic E-state index is -1.75. The maximum Gasteiger partial charge on any atom is 2.00 e. The van der Waals surface area contributed by atoms with Crippen molar-refractivity contribution in [3.05, 3.63) is 15.3 Å². The van der Waals surface area contributed by atoms with Crippen molar-refractivity contribution in [1.82, 2.24) is 0 Å². The molecule has 6 heavy (non-hydrogen) atoms. The Morgan fingerprint density at radius 3 is 1.33 bits per heavy atom. The number of nitrogens with zero attached hydrogens (tertiary/aromatic N) is 1. The van der Waals surface area contributed by atoms with Crippen LogP contribution in [0.15, 0.2) is 0 Å². The van der Waals surface area contributed by atoms with Crippen LogP contribution in [0.1, 0.15) is 0 Å². The third-order valence-electron chi connectivity index (χ3n) is 0. The Morgan fingerprint density at radius 1 is 1.33 bits per heavy atom. The number of hydrogen-bond donors (Lipinski definition) is 0. The molecule has 0 aliphatic heterocycles. The molecule has 0 unspecified atom stereocenters. The van der Waals surface area contributed by atoms with Gasteiger partial charge in [0.1, 0.15) is 0 Å². The van der Waals surface area contributed by atoms with Crippen molar-refractivity contribution in [3.8, 4) is 0 Å². The monoisotopic (exact) mass is 224 g/mol. The minimum absolute atomic E-state index is 0. The van der Waals surface area contributed by atoms with Crippen molar-refractivity contribution in [1.29, 1.82) is 0 Å². The van der Waals surface area contributed by atoms with Gasteiger partial charge in [-0.2, -0.15) is 0 Å². The van der Waals surface area contributed by atoms with Crippen LogP contribution in [0, 0.1) is 15.3 Å². The molecule has 0 radical (unpaired) electrons. The molecule has 6 heteroatoms. The first-order valence-corrected chi connectivity index (χ1v) is 0.548. The van der Waals surface area contributed by atoms with E-state index in [9.17, 15) is 0 Å². The van der Waals surface area contributed by atoms with Crippen molar-refractivity contribution in [3.63, 3.8) is 0 Å². The third kappa shape index (κ3) is 48.2. The molecule has 0 aromatic heterocycles. The summed E-state index contributed by atoms with van der Waals surface area (Å²) in [6, 6.07) is 0. The van der Waals surface area contributed by atoms with Gasteiger partial charge in [0.15, 0.2) is 0 Å². The maximum absolute atomic E-state index is 8.25. The van der Waals surface area contributed by atoms with Gasteiger partial charge in [-0.25, -0.2) is 0 Å². The summed E-state index contributed by atoms with van der Waals surface area (Å²) >= 11 is 0. The minimum Gasteiger partial charge on any atom is -0.356 e. The van der Waals surface area contributed by atoms with Gasteiger partial charge in [-0.1, -0.05) is 0 Å². The summed E-state index contributed by atoms with van der Waals surface area (Å²) in [5.41, 5.74) is 0. The molecule has 0 saturated heterocycles. The van der Waals surface area contributed by atoms with Gasteiger partial charge in [0.25, 0.3) is 0 Å². The van der Waals surface area contributed by atoms with E-state index in [4.69, 9.17) is 15.3 Å². The van der Waals surface area contributed by atoms with Crippen molar-refractivity contribution in [2.24, 2.45) is 0 Å². The second-order valence-corrected chi connectivity index (χ2v) is 0.224. The SMILES string of the molecule is O=[N+]([O-])[O-].[Ba+2].[Mg+2]. The maximum atomic E-state index is 8.25. The van der Waals surface area contributed by atoms with Crippen LogP contribution in [0.5, 0.6) is 0 Å². The summed E-state index contributed by atoms with van der Waals surface area (Å²) in [4.78, 5) is 8.25. The van der Waals surface area contributed by atoms with Crippen LogP contribution in [0.4, 0.5) is 0 Å². The summed E-state index contributed by atoms with van der Waals surface area (Å²) < 4.78 is 0. The molecule has 0 aliphatic carbocycles. The molecule has 0 amide bonds. The summed E-state index contributed by atoms with van der Waals surface area (Å²) in [6.45, 7) is 0. The first kappa shape index (κ1) is 15.6. The molecule has 0 atom stereocenters. The van der Waals surface area contributed by atoms with E-state index in [-0.39, 0.29) is 71.9 Å². The summed E-state index contributed by atoms with van der Waals surface area (Å²) in [5, 5.41) is 14.8. The molecular weight excluding hydrogens is 224 g/mol. The molecule has 0 heterocycles.